The fourth-order valence-corrected chi connectivity index (χ4v) is 2.83. The summed E-state index contributed by atoms with van der Waals surface area (Å²) >= 11 is 1.60. The minimum absolute atomic E-state index is 0.750. The molecular formula is C17H16N4OS. The van der Waals surface area contributed by atoms with Crippen molar-refractivity contribution in [2.75, 3.05) is 7.11 Å². The third-order valence-electron chi connectivity index (χ3n) is 3.17. The van der Waals surface area contributed by atoms with Crippen LogP contribution in [0.1, 0.15) is 11.1 Å². The summed E-state index contributed by atoms with van der Waals surface area (Å²) in [6.45, 7) is 0. The highest BCUT2D eigenvalue weighted by Crippen LogP contribution is 2.20. The number of ether oxygens (including phenoxy) is 1. The lowest BCUT2D eigenvalue weighted by molar-refractivity contribution is 0.414. The molecule has 5 nitrogen and oxygen atoms in total. The molecule has 0 N–H and O–H groups in total. The van der Waals surface area contributed by atoms with Crippen molar-refractivity contribution in [2.24, 2.45) is 5.10 Å². The van der Waals surface area contributed by atoms with Crippen molar-refractivity contribution in [2.45, 2.75) is 10.9 Å². The second-order valence-electron chi connectivity index (χ2n) is 4.72. The third kappa shape index (κ3) is 3.98. The number of rotatable bonds is 6. The van der Waals surface area contributed by atoms with Gasteiger partial charge in [-0.1, -0.05) is 54.2 Å². The SMILES string of the molecule is COc1ccccc1/C=N/n1cnnc1SCc1ccccc1. The van der Waals surface area contributed by atoms with Gasteiger partial charge in [0.25, 0.3) is 0 Å². The van der Waals surface area contributed by atoms with Crippen molar-refractivity contribution in [3.63, 3.8) is 0 Å². The second kappa shape index (κ2) is 7.60. The Labute approximate surface area is 139 Å². The van der Waals surface area contributed by atoms with Crippen LogP contribution in [0.15, 0.2) is 71.2 Å². The monoisotopic (exact) mass is 324 g/mol. The van der Waals surface area contributed by atoms with Gasteiger partial charge in [-0.3, -0.25) is 0 Å². The van der Waals surface area contributed by atoms with Crippen molar-refractivity contribution < 1.29 is 4.74 Å². The molecular weight excluding hydrogens is 308 g/mol. The molecule has 3 rings (SSSR count). The van der Waals surface area contributed by atoms with Crippen LogP contribution in [0.3, 0.4) is 0 Å². The van der Waals surface area contributed by atoms with E-state index in [4.69, 9.17) is 4.74 Å². The van der Waals surface area contributed by atoms with Crippen molar-refractivity contribution in [1.82, 2.24) is 14.9 Å². The maximum Gasteiger partial charge on any atom is 0.212 e. The Morgan fingerprint density at radius 1 is 1.13 bits per heavy atom. The molecule has 23 heavy (non-hydrogen) atoms. The van der Waals surface area contributed by atoms with E-state index in [-0.39, 0.29) is 0 Å². The van der Waals surface area contributed by atoms with Gasteiger partial charge in [0, 0.05) is 11.3 Å². The summed E-state index contributed by atoms with van der Waals surface area (Å²) in [5, 5.41) is 13.2. The van der Waals surface area contributed by atoms with Gasteiger partial charge in [-0.05, 0) is 17.7 Å². The van der Waals surface area contributed by atoms with Crippen LogP contribution in [-0.2, 0) is 5.75 Å². The molecule has 3 aromatic rings. The lowest BCUT2D eigenvalue weighted by Gasteiger charge is -2.04. The number of aromatic nitrogens is 3. The molecule has 0 aliphatic heterocycles. The average molecular weight is 324 g/mol. The molecule has 0 aliphatic carbocycles. The van der Waals surface area contributed by atoms with Crippen LogP contribution in [-0.4, -0.2) is 28.2 Å². The first-order valence-electron chi connectivity index (χ1n) is 7.11. The highest BCUT2D eigenvalue weighted by atomic mass is 32.2. The van der Waals surface area contributed by atoms with Gasteiger partial charge in [0.2, 0.25) is 5.16 Å². The van der Waals surface area contributed by atoms with E-state index in [2.05, 4.69) is 27.4 Å². The molecule has 1 heterocycles. The van der Waals surface area contributed by atoms with Crippen LogP contribution in [0.25, 0.3) is 0 Å². The highest BCUT2D eigenvalue weighted by molar-refractivity contribution is 7.98. The predicted molar refractivity (Wildman–Crippen MR) is 92.0 cm³/mol. The lowest BCUT2D eigenvalue weighted by atomic mass is 10.2. The molecule has 0 radical (unpaired) electrons. The predicted octanol–water partition coefficient (Wildman–Crippen LogP) is 3.46. The van der Waals surface area contributed by atoms with E-state index < -0.39 is 0 Å². The summed E-state index contributed by atoms with van der Waals surface area (Å²) in [6, 6.07) is 18.0. The zero-order valence-electron chi connectivity index (χ0n) is 12.7. The Hall–Kier alpha value is -2.60. The molecule has 0 fully saturated rings. The molecule has 0 saturated carbocycles. The van der Waals surface area contributed by atoms with Crippen molar-refractivity contribution in [3.8, 4) is 5.75 Å². The number of thioether (sulfide) groups is 1. The molecule has 6 heteroatoms. The zero-order chi connectivity index (χ0) is 15.9. The third-order valence-corrected chi connectivity index (χ3v) is 4.18. The number of hydrogen-bond donors (Lipinski definition) is 0. The Kier molecular flexibility index (Phi) is 5.06. The van der Waals surface area contributed by atoms with Crippen LogP contribution in [0.5, 0.6) is 5.75 Å². The van der Waals surface area contributed by atoms with E-state index in [9.17, 15) is 0 Å². The van der Waals surface area contributed by atoms with Gasteiger partial charge in [0.05, 0.1) is 13.3 Å². The van der Waals surface area contributed by atoms with E-state index in [0.717, 1.165) is 22.2 Å². The Bertz CT molecular complexity index is 786. The van der Waals surface area contributed by atoms with Gasteiger partial charge >= 0.3 is 0 Å². The number of benzene rings is 2. The molecule has 0 atom stereocenters. The largest absolute Gasteiger partial charge is 0.496 e. The molecule has 0 aliphatic rings. The lowest BCUT2D eigenvalue weighted by Crippen LogP contribution is -1.95. The summed E-state index contributed by atoms with van der Waals surface area (Å²) in [4.78, 5) is 0. The molecule has 1 aromatic heterocycles. The van der Waals surface area contributed by atoms with Gasteiger partial charge in [0.1, 0.15) is 12.1 Å². The quantitative estimate of drug-likeness (QED) is 0.515. The molecule has 0 saturated heterocycles. The van der Waals surface area contributed by atoms with Gasteiger partial charge in [-0.25, -0.2) is 0 Å². The summed E-state index contributed by atoms with van der Waals surface area (Å²) in [5.41, 5.74) is 2.14. The summed E-state index contributed by atoms with van der Waals surface area (Å²) in [6.07, 6.45) is 3.34. The summed E-state index contributed by atoms with van der Waals surface area (Å²) in [7, 11) is 1.65. The summed E-state index contributed by atoms with van der Waals surface area (Å²) < 4.78 is 6.98. The Morgan fingerprint density at radius 2 is 1.91 bits per heavy atom. The van der Waals surface area contributed by atoms with Gasteiger partial charge in [0.15, 0.2) is 0 Å². The molecule has 0 unspecified atom stereocenters. The molecule has 2 aromatic carbocycles. The molecule has 0 bridgehead atoms. The average Bonchev–Trinajstić information content (AvgIpc) is 3.06. The summed E-state index contributed by atoms with van der Waals surface area (Å²) in [5.74, 6) is 1.60. The number of hydrogen-bond acceptors (Lipinski definition) is 5. The first-order chi connectivity index (χ1) is 11.4. The smallest absolute Gasteiger partial charge is 0.212 e. The molecule has 0 spiro atoms. The maximum atomic E-state index is 5.31. The minimum atomic E-state index is 0.750. The first-order valence-corrected chi connectivity index (χ1v) is 8.09. The van der Waals surface area contributed by atoms with Crippen LogP contribution >= 0.6 is 11.8 Å². The van der Waals surface area contributed by atoms with E-state index >= 15 is 0 Å². The van der Waals surface area contributed by atoms with E-state index in [1.54, 1.807) is 36.1 Å². The van der Waals surface area contributed by atoms with Crippen LogP contribution in [0.4, 0.5) is 0 Å². The fourth-order valence-electron chi connectivity index (χ4n) is 2.01. The maximum absolute atomic E-state index is 5.31. The first kappa shape index (κ1) is 15.3. The number of methoxy groups -OCH3 is 1. The fraction of sp³-hybridized carbons (Fsp3) is 0.118. The number of para-hydroxylation sites is 1. The molecule has 0 amide bonds. The van der Waals surface area contributed by atoms with Crippen molar-refractivity contribution >= 4 is 18.0 Å². The standard InChI is InChI=1S/C17H16N4OS/c1-22-16-10-6-5-9-15(16)11-19-21-13-18-20-17(21)23-12-14-7-3-2-4-8-14/h2-11,13H,12H2,1H3/b19-11+. The second-order valence-corrected chi connectivity index (χ2v) is 5.66. The topological polar surface area (TPSA) is 52.3 Å². The molecule has 116 valence electrons. The van der Waals surface area contributed by atoms with Crippen LogP contribution in [0.2, 0.25) is 0 Å². The van der Waals surface area contributed by atoms with Crippen LogP contribution < -0.4 is 4.74 Å². The number of nitrogens with zero attached hydrogens (tertiary/aromatic N) is 4. The van der Waals surface area contributed by atoms with Gasteiger partial charge in [-0.2, -0.15) is 9.78 Å². The van der Waals surface area contributed by atoms with E-state index in [0.29, 0.717) is 0 Å². The van der Waals surface area contributed by atoms with E-state index in [1.165, 1.54) is 5.56 Å². The Balaban J connectivity index is 1.72. The normalized spacial score (nSPS) is 11.0. The van der Waals surface area contributed by atoms with Gasteiger partial charge in [-0.15, -0.1) is 10.2 Å². The van der Waals surface area contributed by atoms with Crippen molar-refractivity contribution in [1.29, 1.82) is 0 Å². The van der Waals surface area contributed by atoms with Gasteiger partial charge < -0.3 is 4.74 Å². The highest BCUT2D eigenvalue weighted by Gasteiger charge is 2.05. The van der Waals surface area contributed by atoms with Crippen LogP contribution in [0, 0.1) is 0 Å². The Morgan fingerprint density at radius 3 is 2.74 bits per heavy atom. The van der Waals surface area contributed by atoms with Crippen molar-refractivity contribution in [3.05, 3.63) is 72.1 Å². The zero-order valence-corrected chi connectivity index (χ0v) is 13.5. The van der Waals surface area contributed by atoms with E-state index in [1.807, 2.05) is 42.5 Å². The minimum Gasteiger partial charge on any atom is -0.496 e.